The molecule has 1 aromatic carbocycles. The van der Waals surface area contributed by atoms with Crippen LogP contribution in [-0.2, 0) is 16.4 Å². The van der Waals surface area contributed by atoms with Crippen LogP contribution in [0.25, 0.3) is 0 Å². The molecule has 0 aliphatic carbocycles. The van der Waals surface area contributed by atoms with E-state index in [2.05, 4.69) is 0 Å². The summed E-state index contributed by atoms with van der Waals surface area (Å²) in [5.41, 5.74) is 5.59. The first-order valence-corrected chi connectivity index (χ1v) is 8.43. The van der Waals surface area contributed by atoms with Crippen LogP contribution in [0.15, 0.2) is 23.1 Å². The molecular formula is C14H23N3O4S. The molecule has 22 heavy (non-hydrogen) atoms. The van der Waals surface area contributed by atoms with Gasteiger partial charge in [-0.3, -0.25) is 10.1 Å². The van der Waals surface area contributed by atoms with Crippen molar-refractivity contribution in [1.82, 2.24) is 4.31 Å². The van der Waals surface area contributed by atoms with Gasteiger partial charge in [-0.1, -0.05) is 26.8 Å². The average Bonchev–Trinajstić information content (AvgIpc) is 2.45. The Morgan fingerprint density at radius 2 is 1.95 bits per heavy atom. The number of aryl methyl sites for hydroxylation is 1. The molecule has 0 radical (unpaired) electrons. The summed E-state index contributed by atoms with van der Waals surface area (Å²) in [7, 11) is -2.34. The van der Waals surface area contributed by atoms with E-state index in [0.29, 0.717) is 18.5 Å². The summed E-state index contributed by atoms with van der Waals surface area (Å²) in [6.45, 7) is 6.12. The Kier molecular flexibility index (Phi) is 5.66. The Balaban J connectivity index is 3.32. The molecule has 0 spiro atoms. The zero-order valence-corrected chi connectivity index (χ0v) is 14.2. The number of nitrogens with zero attached hydrogens (tertiary/aromatic N) is 2. The molecule has 2 N–H and O–H groups in total. The number of sulfonamides is 1. The third kappa shape index (κ3) is 4.02. The van der Waals surface area contributed by atoms with Gasteiger partial charge >= 0.3 is 0 Å². The number of non-ortho nitro benzene ring substituents is 1. The van der Waals surface area contributed by atoms with Crippen LogP contribution in [0.3, 0.4) is 0 Å². The highest BCUT2D eigenvalue weighted by atomic mass is 32.2. The van der Waals surface area contributed by atoms with E-state index >= 15 is 0 Å². The molecule has 0 amide bonds. The molecule has 1 aromatic rings. The Hall–Kier alpha value is -1.51. The van der Waals surface area contributed by atoms with Gasteiger partial charge in [0, 0.05) is 25.7 Å². The van der Waals surface area contributed by atoms with E-state index in [9.17, 15) is 18.5 Å². The maximum Gasteiger partial charge on any atom is 0.270 e. The summed E-state index contributed by atoms with van der Waals surface area (Å²) in [5.74, 6) is 0. The number of nitro groups is 1. The molecule has 0 atom stereocenters. The van der Waals surface area contributed by atoms with Crippen LogP contribution in [0.2, 0.25) is 0 Å². The highest BCUT2D eigenvalue weighted by Gasteiger charge is 2.29. The van der Waals surface area contributed by atoms with Gasteiger partial charge in [0.2, 0.25) is 10.0 Å². The van der Waals surface area contributed by atoms with Crippen molar-refractivity contribution in [3.8, 4) is 0 Å². The molecule has 0 heterocycles. The number of nitro benzene ring substituents is 1. The van der Waals surface area contributed by atoms with Crippen LogP contribution >= 0.6 is 0 Å². The van der Waals surface area contributed by atoms with Gasteiger partial charge < -0.3 is 5.73 Å². The standard InChI is InChI=1S/C14H23N3O4S/c1-5-11-6-7-12(17(18)19)8-13(11)22(20,21)16(4)10-14(2,3)9-15/h6-8H,5,9-10,15H2,1-4H3. The topological polar surface area (TPSA) is 107 Å². The maximum absolute atomic E-state index is 12.7. The SMILES string of the molecule is CCc1ccc([N+](=O)[O-])cc1S(=O)(=O)N(C)CC(C)(C)CN. The highest BCUT2D eigenvalue weighted by Crippen LogP contribution is 2.27. The predicted molar refractivity (Wildman–Crippen MR) is 85.1 cm³/mol. The first-order chi connectivity index (χ1) is 10.0. The van der Waals surface area contributed by atoms with E-state index < -0.39 is 14.9 Å². The van der Waals surface area contributed by atoms with Gasteiger partial charge in [0.15, 0.2) is 0 Å². The lowest BCUT2D eigenvalue weighted by atomic mass is 9.94. The van der Waals surface area contributed by atoms with Crippen molar-refractivity contribution >= 4 is 15.7 Å². The second kappa shape index (κ2) is 6.72. The van der Waals surface area contributed by atoms with Crippen molar-refractivity contribution < 1.29 is 13.3 Å². The minimum atomic E-state index is -3.81. The molecule has 0 saturated carbocycles. The summed E-state index contributed by atoms with van der Waals surface area (Å²) in [6.07, 6.45) is 0.473. The maximum atomic E-state index is 12.7. The average molecular weight is 329 g/mol. The van der Waals surface area contributed by atoms with Crippen LogP contribution in [0.1, 0.15) is 26.3 Å². The van der Waals surface area contributed by atoms with Crippen LogP contribution in [0, 0.1) is 15.5 Å². The number of hydrogen-bond acceptors (Lipinski definition) is 5. The Bertz CT molecular complexity index is 656. The van der Waals surface area contributed by atoms with Gasteiger partial charge in [-0.05, 0) is 23.9 Å². The molecule has 0 unspecified atom stereocenters. The summed E-state index contributed by atoms with van der Waals surface area (Å²) >= 11 is 0. The lowest BCUT2D eigenvalue weighted by Crippen LogP contribution is -2.40. The molecular weight excluding hydrogens is 306 g/mol. The Morgan fingerprint density at radius 1 is 1.36 bits per heavy atom. The van der Waals surface area contributed by atoms with Gasteiger partial charge in [-0.2, -0.15) is 0 Å². The lowest BCUT2D eigenvalue weighted by Gasteiger charge is -2.28. The van der Waals surface area contributed by atoms with Crippen molar-refractivity contribution in [2.45, 2.75) is 32.1 Å². The fourth-order valence-electron chi connectivity index (χ4n) is 2.11. The molecule has 0 aliphatic rings. The largest absolute Gasteiger partial charge is 0.330 e. The van der Waals surface area contributed by atoms with Gasteiger partial charge in [0.25, 0.3) is 5.69 Å². The quantitative estimate of drug-likeness (QED) is 0.606. The fourth-order valence-corrected chi connectivity index (χ4v) is 3.78. The minimum Gasteiger partial charge on any atom is -0.330 e. The summed E-state index contributed by atoms with van der Waals surface area (Å²) in [5, 5.41) is 10.9. The molecule has 8 heteroatoms. The summed E-state index contributed by atoms with van der Waals surface area (Å²) in [6, 6.07) is 3.94. The van der Waals surface area contributed by atoms with Crippen molar-refractivity contribution in [3.63, 3.8) is 0 Å². The summed E-state index contributed by atoms with van der Waals surface area (Å²) in [4.78, 5) is 10.3. The zero-order valence-electron chi connectivity index (χ0n) is 13.4. The summed E-state index contributed by atoms with van der Waals surface area (Å²) < 4.78 is 26.7. The van der Waals surface area contributed by atoms with E-state index in [4.69, 9.17) is 5.73 Å². The Morgan fingerprint density at radius 3 is 2.41 bits per heavy atom. The van der Waals surface area contributed by atoms with Crippen molar-refractivity contribution in [2.75, 3.05) is 20.1 Å². The second-order valence-corrected chi connectivity index (χ2v) is 8.05. The Labute approximate surface area is 131 Å². The van der Waals surface area contributed by atoms with Crippen molar-refractivity contribution in [1.29, 1.82) is 0 Å². The van der Waals surface area contributed by atoms with Gasteiger partial charge in [-0.15, -0.1) is 0 Å². The highest BCUT2D eigenvalue weighted by molar-refractivity contribution is 7.89. The van der Waals surface area contributed by atoms with Crippen LogP contribution < -0.4 is 5.73 Å². The van der Waals surface area contributed by atoms with Gasteiger partial charge in [-0.25, -0.2) is 12.7 Å². The minimum absolute atomic E-state index is 0.0143. The fraction of sp³-hybridized carbons (Fsp3) is 0.571. The van der Waals surface area contributed by atoms with Crippen molar-refractivity contribution in [3.05, 3.63) is 33.9 Å². The number of nitrogens with two attached hydrogens (primary N) is 1. The van der Waals surface area contributed by atoms with Crippen LogP contribution in [0.4, 0.5) is 5.69 Å². The third-order valence-electron chi connectivity index (χ3n) is 3.53. The number of benzene rings is 1. The van der Waals surface area contributed by atoms with Crippen molar-refractivity contribution in [2.24, 2.45) is 11.1 Å². The normalized spacial score (nSPS) is 12.6. The van der Waals surface area contributed by atoms with Gasteiger partial charge in [0.1, 0.15) is 0 Å². The van der Waals surface area contributed by atoms with Gasteiger partial charge in [0.05, 0.1) is 9.82 Å². The third-order valence-corrected chi connectivity index (χ3v) is 5.42. The molecule has 124 valence electrons. The first-order valence-electron chi connectivity index (χ1n) is 6.99. The van der Waals surface area contributed by atoms with Crippen LogP contribution in [0.5, 0.6) is 0 Å². The molecule has 0 fully saturated rings. The van der Waals surface area contributed by atoms with E-state index in [0.717, 1.165) is 6.07 Å². The zero-order chi connectivity index (χ0) is 17.1. The monoisotopic (exact) mass is 329 g/mol. The predicted octanol–water partition coefficient (Wildman–Crippen LogP) is 1.76. The molecule has 0 aliphatic heterocycles. The number of rotatable bonds is 7. The smallest absolute Gasteiger partial charge is 0.270 e. The van der Waals surface area contributed by atoms with Crippen LogP contribution in [-0.4, -0.2) is 37.8 Å². The first kappa shape index (κ1) is 18.5. The van der Waals surface area contributed by atoms with E-state index in [1.807, 2.05) is 20.8 Å². The lowest BCUT2D eigenvalue weighted by molar-refractivity contribution is -0.385. The van der Waals surface area contributed by atoms with E-state index in [-0.39, 0.29) is 22.5 Å². The molecule has 1 rings (SSSR count). The number of hydrogen-bond donors (Lipinski definition) is 1. The molecule has 0 saturated heterocycles. The molecule has 7 nitrogen and oxygen atoms in total. The molecule has 0 aromatic heterocycles. The second-order valence-electron chi connectivity index (χ2n) is 6.03. The molecule has 0 bridgehead atoms. The van der Waals surface area contributed by atoms with E-state index in [1.165, 1.54) is 23.5 Å². The van der Waals surface area contributed by atoms with E-state index in [1.54, 1.807) is 0 Å².